The highest BCUT2D eigenvalue weighted by atomic mass is 35.5. The summed E-state index contributed by atoms with van der Waals surface area (Å²) >= 11 is 13.5. The molecular weight excluding hydrogens is 1120 g/mol. The Labute approximate surface area is 487 Å². The Morgan fingerprint density at radius 1 is 0.988 bits per heavy atom. The molecule has 5 aromatic heterocycles. The number of imidazole rings is 1. The number of Topliss-reactive ketones (excluding diaryl/α,β-unsaturated/α-hetero) is 1. The maximum Gasteiger partial charge on any atom is 0.270 e. The van der Waals surface area contributed by atoms with Gasteiger partial charge >= 0.3 is 0 Å². The van der Waals surface area contributed by atoms with Gasteiger partial charge in [-0.25, -0.2) is 32.7 Å². The van der Waals surface area contributed by atoms with Gasteiger partial charge in [0.1, 0.15) is 11.8 Å². The molecule has 0 amide bonds. The van der Waals surface area contributed by atoms with Crippen LogP contribution in [0.15, 0.2) is 115 Å². The molecule has 0 unspecified atom stereocenters. The number of aliphatic hydroxyl groups is 1. The Balaban J connectivity index is 0.000000155. The van der Waals surface area contributed by atoms with Gasteiger partial charge in [-0.1, -0.05) is 104 Å². The third kappa shape index (κ3) is 13.0. The summed E-state index contributed by atoms with van der Waals surface area (Å²) in [6.45, 7) is 12.0. The average molecular weight is 1190 g/mol. The fourth-order valence-corrected chi connectivity index (χ4v) is 13.3. The Morgan fingerprint density at radius 2 is 1.74 bits per heavy atom. The number of hydrogen-bond donors (Lipinski definition) is 2. The Hall–Kier alpha value is -6.16. The number of ketones is 1. The van der Waals surface area contributed by atoms with Gasteiger partial charge in [-0.15, -0.1) is 12.4 Å². The minimum Gasteiger partial charge on any atom is -0.391 e. The number of piperidine rings is 1. The number of aryl methyl sites for hydroxylation is 1. The van der Waals surface area contributed by atoms with Crippen molar-refractivity contribution in [3.8, 4) is 21.7 Å². The lowest BCUT2D eigenvalue weighted by Crippen LogP contribution is -2.51. The first-order valence-corrected chi connectivity index (χ1v) is 29.5. The minimum atomic E-state index is -3.63. The number of sulfonamides is 1. The third-order valence-corrected chi connectivity index (χ3v) is 18.7. The van der Waals surface area contributed by atoms with E-state index in [0.29, 0.717) is 26.8 Å². The standard InChI is InChI=1S/C21H24N2O.C14H9Cl2N3S.C14H22N4O.C9H12N2O4S.ClH/c1-3-21-10-6-11-22-12-9-16-15-7-4-5-8-17(15)23(19(16)20(21)22)18(13-21)14(2)24;15-10-2-1-9(7-11(10)16)12-13(20-14(17)19-12)8-3-5-18-6-4-8;1-3-4-5-6-7-13(11(2)19)18-10-17-12-8-15-9-16-14(12)18;1-7-4-5-8(11(12)13)6-9(7)16(14,15)10(2)3;/h4-5,7-8,13,20H,3,6,9-12H2,1-2H3;1-7H,(H2,17,19);8-11,13,19H,3-7H2,1-2H3;4-6H,1-3H3;1H/t20-,21+;;11-,13+;;/m1.1../s1. The van der Waals surface area contributed by atoms with Crippen LogP contribution in [-0.4, -0.2) is 101 Å². The van der Waals surface area contributed by atoms with E-state index < -0.39 is 21.1 Å². The van der Waals surface area contributed by atoms with Crippen LogP contribution < -0.4 is 5.73 Å². The molecule has 80 heavy (non-hydrogen) atoms. The second-order valence-electron chi connectivity index (χ2n) is 20.3. The number of nitro groups is 1. The number of nitrogen functional groups attached to an aromatic ring is 1. The molecule has 3 aliphatic rings. The predicted molar refractivity (Wildman–Crippen MR) is 323 cm³/mol. The number of hydrogen-bond acceptors (Lipinski definition) is 14. The fraction of sp³-hybridized carbons (Fsp3) is 0.379. The topological polar surface area (TPSA) is 221 Å². The summed E-state index contributed by atoms with van der Waals surface area (Å²) in [6, 6.07) is 22.2. The number of nitrogens with zero attached hydrogens (tertiary/aromatic N) is 10. The van der Waals surface area contributed by atoms with Gasteiger partial charge in [0.2, 0.25) is 10.0 Å². The van der Waals surface area contributed by atoms with Gasteiger partial charge in [0.25, 0.3) is 5.69 Å². The van der Waals surface area contributed by atoms with Crippen molar-refractivity contribution < 1.29 is 23.2 Å². The molecule has 3 N–H and O–H groups in total. The molecule has 0 radical (unpaired) electrons. The maximum atomic E-state index is 12.5. The number of allylic oxidation sites excluding steroid dienone is 1. The molecule has 3 aliphatic heterocycles. The molecule has 0 bridgehead atoms. The number of rotatable bonds is 14. The van der Waals surface area contributed by atoms with Gasteiger partial charge in [0.15, 0.2) is 16.6 Å². The highest BCUT2D eigenvalue weighted by Gasteiger charge is 2.50. The number of benzene rings is 3. The normalized spacial score (nSPS) is 17.1. The Morgan fingerprint density at radius 3 is 2.41 bits per heavy atom. The molecule has 17 nitrogen and oxygen atoms in total. The van der Waals surface area contributed by atoms with E-state index in [1.54, 1.807) is 50.9 Å². The number of carbonyl (C=O) groups is 1. The second kappa shape index (κ2) is 26.6. The van der Waals surface area contributed by atoms with Crippen molar-refractivity contribution in [2.24, 2.45) is 5.41 Å². The smallest absolute Gasteiger partial charge is 0.270 e. The first kappa shape index (κ1) is 61.5. The molecular formula is C58H68Cl3N11O6S2. The number of thiazole rings is 1. The number of fused-ring (bicyclic) bond motifs is 4. The van der Waals surface area contributed by atoms with E-state index in [-0.39, 0.29) is 40.2 Å². The molecule has 0 aliphatic carbocycles. The van der Waals surface area contributed by atoms with Crippen molar-refractivity contribution in [1.82, 2.24) is 43.3 Å². The predicted octanol–water partition coefficient (Wildman–Crippen LogP) is 13.2. The molecule has 0 spiro atoms. The Bertz CT molecular complexity index is 3630. The lowest BCUT2D eigenvalue weighted by molar-refractivity contribution is -0.385. The molecule has 8 aromatic rings. The number of para-hydroxylation sites is 1. The van der Waals surface area contributed by atoms with E-state index in [1.165, 1.54) is 105 Å². The first-order chi connectivity index (χ1) is 37.8. The maximum absolute atomic E-state index is 12.5. The molecule has 0 saturated carbocycles. The van der Waals surface area contributed by atoms with Gasteiger partial charge in [-0.3, -0.25) is 24.8 Å². The van der Waals surface area contributed by atoms with Crippen molar-refractivity contribution in [3.05, 3.63) is 147 Å². The van der Waals surface area contributed by atoms with Crippen molar-refractivity contribution in [1.29, 1.82) is 0 Å². The summed E-state index contributed by atoms with van der Waals surface area (Å²) in [5, 5.41) is 23.4. The van der Waals surface area contributed by atoms with Crippen LogP contribution in [0.2, 0.25) is 10.0 Å². The van der Waals surface area contributed by atoms with Crippen molar-refractivity contribution in [2.75, 3.05) is 32.9 Å². The van der Waals surface area contributed by atoms with Gasteiger partial charge in [0, 0.05) is 74.1 Å². The van der Waals surface area contributed by atoms with Crippen LogP contribution in [0.25, 0.3) is 49.5 Å². The largest absolute Gasteiger partial charge is 0.391 e. The van der Waals surface area contributed by atoms with Crippen LogP contribution in [-0.2, 0) is 21.2 Å². The number of pyridine rings is 1. The molecule has 424 valence electrons. The Kier molecular flexibility index (Phi) is 20.4. The molecule has 8 heterocycles. The number of anilines is 1. The van der Waals surface area contributed by atoms with E-state index in [1.807, 2.05) is 29.7 Å². The van der Waals surface area contributed by atoms with Gasteiger partial charge < -0.3 is 20.0 Å². The van der Waals surface area contributed by atoms with E-state index >= 15 is 0 Å². The zero-order chi connectivity index (χ0) is 56.8. The zero-order valence-electron chi connectivity index (χ0n) is 45.9. The lowest BCUT2D eigenvalue weighted by atomic mass is 9.66. The summed E-state index contributed by atoms with van der Waals surface area (Å²) in [5.74, 6) is 0.188. The lowest BCUT2D eigenvalue weighted by Gasteiger charge is -2.53. The minimum absolute atomic E-state index is 0. The number of unbranched alkanes of at least 4 members (excludes halogenated alkanes) is 3. The average Bonchev–Trinajstić information content (AvgIpc) is 4.15. The van der Waals surface area contributed by atoms with Crippen molar-refractivity contribution in [3.63, 3.8) is 0 Å². The molecule has 1 saturated heterocycles. The zero-order valence-corrected chi connectivity index (χ0v) is 49.9. The number of carbonyl (C=O) groups excluding carboxylic acids is 1. The third-order valence-electron chi connectivity index (χ3n) is 15.0. The molecule has 4 atom stereocenters. The number of non-ortho nitro benzene ring substituents is 1. The summed E-state index contributed by atoms with van der Waals surface area (Å²) in [6.07, 6.45) is 20.8. The van der Waals surface area contributed by atoms with Crippen LogP contribution in [0.4, 0.5) is 10.8 Å². The van der Waals surface area contributed by atoms with E-state index in [4.69, 9.17) is 28.9 Å². The molecule has 11 rings (SSSR count). The van der Waals surface area contributed by atoms with Crippen LogP contribution >= 0.6 is 46.9 Å². The van der Waals surface area contributed by atoms with Crippen LogP contribution in [0.5, 0.6) is 0 Å². The number of aliphatic hydroxyl groups excluding tert-OH is 1. The van der Waals surface area contributed by atoms with Gasteiger partial charge in [-0.05, 0) is 106 Å². The SMILES string of the molecule is CCCCCC[C@@H]([C@@H](C)O)n1cnc2cncnc21.CC[C@@]12C=C(C(C)=O)n3c4c(c5ccccc53)CCN(CCC1)[C@H]42.Cc1ccc([N+](=O)[O-])cc1S(=O)(=O)N(C)C.Cl.Nc1nc(-c2ccc(Cl)c(Cl)c2)c(-c2ccncc2)s1. The van der Waals surface area contributed by atoms with Crippen LogP contribution in [0.1, 0.15) is 108 Å². The van der Waals surface area contributed by atoms with Crippen molar-refractivity contribution in [2.45, 2.75) is 115 Å². The molecule has 1 fully saturated rings. The summed E-state index contributed by atoms with van der Waals surface area (Å²) in [7, 11) is -0.870. The van der Waals surface area contributed by atoms with E-state index in [9.17, 15) is 28.4 Å². The van der Waals surface area contributed by atoms with Crippen LogP contribution in [0, 0.1) is 22.5 Å². The number of halogens is 3. The van der Waals surface area contributed by atoms with Crippen LogP contribution in [0.3, 0.4) is 0 Å². The number of aromatic nitrogens is 7. The molecule has 3 aromatic carbocycles. The van der Waals surface area contributed by atoms with E-state index in [0.717, 1.165) is 81.2 Å². The summed E-state index contributed by atoms with van der Waals surface area (Å²) in [4.78, 5) is 47.1. The van der Waals surface area contributed by atoms with Gasteiger partial charge in [0.05, 0.1) is 72.4 Å². The van der Waals surface area contributed by atoms with Crippen molar-refractivity contribution >= 4 is 101 Å². The number of nitrogens with two attached hydrogens (primary N) is 1. The van der Waals surface area contributed by atoms with Gasteiger partial charge in [-0.2, -0.15) is 0 Å². The quantitative estimate of drug-likeness (QED) is 0.0588. The highest BCUT2D eigenvalue weighted by molar-refractivity contribution is 7.89. The number of nitro benzene ring substituents is 1. The first-order valence-electron chi connectivity index (χ1n) is 26.5. The van der Waals surface area contributed by atoms with E-state index in [2.05, 4.69) is 78.6 Å². The fourth-order valence-electron chi connectivity index (χ4n) is 11.0. The second-order valence-corrected chi connectivity index (χ2v) is 24.3. The highest BCUT2D eigenvalue weighted by Crippen LogP contribution is 2.57. The summed E-state index contributed by atoms with van der Waals surface area (Å²) < 4.78 is 29.0. The summed E-state index contributed by atoms with van der Waals surface area (Å²) in [5.41, 5.74) is 15.5. The monoisotopic (exact) mass is 1180 g/mol. The molecule has 22 heteroatoms.